The van der Waals surface area contributed by atoms with E-state index in [2.05, 4.69) is 92.6 Å². The van der Waals surface area contributed by atoms with Gasteiger partial charge in [0.15, 0.2) is 0 Å². The molecular formula is C22H25N3. The first-order valence-electron chi connectivity index (χ1n) is 8.76. The van der Waals surface area contributed by atoms with Gasteiger partial charge in [0.2, 0.25) is 0 Å². The largest absolute Gasteiger partial charge is 0.355 e. The van der Waals surface area contributed by atoms with Crippen LogP contribution < -0.4 is 5.32 Å². The highest BCUT2D eigenvalue weighted by molar-refractivity contribution is 5.91. The SMILES string of the molecule is Cc1c(C)n(C)c2ccc(Nc3ccc4c(c3)c(C)c(C)n4C)cc12. The van der Waals surface area contributed by atoms with Crippen molar-refractivity contribution in [1.82, 2.24) is 9.13 Å². The summed E-state index contributed by atoms with van der Waals surface area (Å²) in [7, 11) is 4.26. The lowest BCUT2D eigenvalue weighted by atomic mass is 10.1. The summed E-state index contributed by atoms with van der Waals surface area (Å²) in [5, 5.41) is 6.22. The molecule has 0 radical (unpaired) electrons. The van der Waals surface area contributed by atoms with Crippen LogP contribution in [0, 0.1) is 27.7 Å². The molecule has 0 aliphatic carbocycles. The molecule has 25 heavy (non-hydrogen) atoms. The van der Waals surface area contributed by atoms with E-state index < -0.39 is 0 Å². The third kappa shape index (κ3) is 2.26. The molecule has 0 saturated carbocycles. The predicted molar refractivity (Wildman–Crippen MR) is 108 cm³/mol. The molecule has 2 aromatic carbocycles. The number of hydrogen-bond acceptors (Lipinski definition) is 1. The lowest BCUT2D eigenvalue weighted by molar-refractivity contribution is 0.910. The molecule has 0 unspecified atom stereocenters. The van der Waals surface area contributed by atoms with Crippen molar-refractivity contribution in [2.75, 3.05) is 5.32 Å². The standard InChI is InChI=1S/C22H25N3/c1-13-15(3)24(5)21-9-7-17(11-19(13)21)23-18-8-10-22-20(12-18)14(2)16(4)25(22)6/h7-12,23H,1-6H3. The van der Waals surface area contributed by atoms with Crippen LogP contribution >= 0.6 is 0 Å². The molecule has 0 atom stereocenters. The summed E-state index contributed by atoms with van der Waals surface area (Å²) in [5.74, 6) is 0. The average molecular weight is 331 g/mol. The Balaban J connectivity index is 1.77. The van der Waals surface area contributed by atoms with Crippen LogP contribution in [0.2, 0.25) is 0 Å². The highest BCUT2D eigenvalue weighted by atomic mass is 15.0. The zero-order chi connectivity index (χ0) is 17.9. The van der Waals surface area contributed by atoms with Crippen molar-refractivity contribution in [1.29, 1.82) is 0 Å². The smallest absolute Gasteiger partial charge is 0.0484 e. The van der Waals surface area contributed by atoms with Crippen LogP contribution in [0.25, 0.3) is 21.8 Å². The molecule has 2 aromatic heterocycles. The van der Waals surface area contributed by atoms with Gasteiger partial charge in [0.05, 0.1) is 0 Å². The van der Waals surface area contributed by atoms with Crippen molar-refractivity contribution in [3.8, 4) is 0 Å². The van der Waals surface area contributed by atoms with Gasteiger partial charge in [0, 0.05) is 58.7 Å². The molecule has 4 rings (SSSR count). The van der Waals surface area contributed by atoms with Crippen molar-refractivity contribution in [2.45, 2.75) is 27.7 Å². The summed E-state index contributed by atoms with van der Waals surface area (Å²) in [4.78, 5) is 0. The Bertz CT molecular complexity index is 1040. The normalized spacial score (nSPS) is 11.6. The summed E-state index contributed by atoms with van der Waals surface area (Å²) in [5.41, 5.74) is 10.2. The van der Waals surface area contributed by atoms with Gasteiger partial charge in [-0.3, -0.25) is 0 Å². The van der Waals surface area contributed by atoms with Crippen LogP contribution in [0.1, 0.15) is 22.5 Å². The maximum Gasteiger partial charge on any atom is 0.0484 e. The van der Waals surface area contributed by atoms with Crippen LogP contribution in [-0.2, 0) is 14.1 Å². The fourth-order valence-corrected chi connectivity index (χ4v) is 3.83. The Morgan fingerprint density at radius 3 is 1.44 bits per heavy atom. The Hall–Kier alpha value is -2.68. The lowest BCUT2D eigenvalue weighted by Gasteiger charge is -2.08. The zero-order valence-electron chi connectivity index (χ0n) is 15.9. The molecule has 0 saturated heterocycles. The monoisotopic (exact) mass is 331 g/mol. The van der Waals surface area contributed by atoms with Gasteiger partial charge in [-0.05, 0) is 75.2 Å². The van der Waals surface area contributed by atoms with Crippen LogP contribution in [-0.4, -0.2) is 9.13 Å². The minimum absolute atomic E-state index is 1.13. The molecule has 0 bridgehead atoms. The van der Waals surface area contributed by atoms with Gasteiger partial charge in [0.1, 0.15) is 0 Å². The van der Waals surface area contributed by atoms with E-state index in [1.54, 1.807) is 0 Å². The molecule has 2 heterocycles. The summed E-state index contributed by atoms with van der Waals surface area (Å²) in [6, 6.07) is 13.2. The van der Waals surface area contributed by atoms with E-state index in [0.29, 0.717) is 0 Å². The van der Waals surface area contributed by atoms with E-state index >= 15 is 0 Å². The zero-order valence-corrected chi connectivity index (χ0v) is 15.9. The number of anilines is 2. The molecule has 3 heteroatoms. The van der Waals surface area contributed by atoms with Gasteiger partial charge in [-0.2, -0.15) is 0 Å². The number of aryl methyl sites for hydroxylation is 4. The van der Waals surface area contributed by atoms with Crippen LogP contribution in [0.15, 0.2) is 36.4 Å². The number of benzene rings is 2. The van der Waals surface area contributed by atoms with Crippen molar-refractivity contribution >= 4 is 33.2 Å². The van der Waals surface area contributed by atoms with Crippen LogP contribution in [0.4, 0.5) is 11.4 Å². The Morgan fingerprint density at radius 2 is 1.04 bits per heavy atom. The molecule has 0 amide bonds. The van der Waals surface area contributed by atoms with E-state index in [1.807, 2.05) is 0 Å². The van der Waals surface area contributed by atoms with Gasteiger partial charge < -0.3 is 14.5 Å². The molecule has 4 aromatic rings. The van der Waals surface area contributed by atoms with E-state index in [4.69, 9.17) is 0 Å². The minimum atomic E-state index is 1.13. The van der Waals surface area contributed by atoms with E-state index in [-0.39, 0.29) is 0 Å². The van der Waals surface area contributed by atoms with Crippen molar-refractivity contribution in [3.05, 3.63) is 58.9 Å². The number of rotatable bonds is 2. The van der Waals surface area contributed by atoms with Crippen molar-refractivity contribution in [3.63, 3.8) is 0 Å². The number of hydrogen-bond donors (Lipinski definition) is 1. The molecule has 0 aliphatic heterocycles. The molecule has 0 spiro atoms. The Labute approximate surface area is 148 Å². The highest BCUT2D eigenvalue weighted by Gasteiger charge is 2.11. The van der Waals surface area contributed by atoms with Gasteiger partial charge in [0.25, 0.3) is 0 Å². The summed E-state index contributed by atoms with van der Waals surface area (Å²) in [6.45, 7) is 8.75. The molecule has 0 aliphatic rings. The predicted octanol–water partition coefficient (Wildman–Crippen LogP) is 5.65. The van der Waals surface area contributed by atoms with Gasteiger partial charge >= 0.3 is 0 Å². The topological polar surface area (TPSA) is 21.9 Å². The number of nitrogens with zero attached hydrogens (tertiary/aromatic N) is 2. The van der Waals surface area contributed by atoms with E-state index in [0.717, 1.165) is 11.4 Å². The van der Waals surface area contributed by atoms with Crippen LogP contribution in [0.5, 0.6) is 0 Å². The molecule has 0 fully saturated rings. The highest BCUT2D eigenvalue weighted by Crippen LogP contribution is 2.31. The van der Waals surface area contributed by atoms with E-state index in [1.165, 1.54) is 44.3 Å². The quantitative estimate of drug-likeness (QED) is 0.504. The third-order valence-corrected chi connectivity index (χ3v) is 5.90. The van der Waals surface area contributed by atoms with Gasteiger partial charge in [-0.1, -0.05) is 0 Å². The van der Waals surface area contributed by atoms with Crippen molar-refractivity contribution in [2.24, 2.45) is 14.1 Å². The molecule has 1 N–H and O–H groups in total. The summed E-state index contributed by atoms with van der Waals surface area (Å²) < 4.78 is 4.52. The van der Waals surface area contributed by atoms with E-state index in [9.17, 15) is 0 Å². The second kappa shape index (κ2) is 5.41. The number of fused-ring (bicyclic) bond motifs is 2. The lowest BCUT2D eigenvalue weighted by Crippen LogP contribution is -1.92. The first-order chi connectivity index (χ1) is 11.9. The fraction of sp³-hybridized carbons (Fsp3) is 0.273. The first-order valence-corrected chi connectivity index (χ1v) is 8.76. The fourth-order valence-electron chi connectivity index (χ4n) is 3.83. The Morgan fingerprint density at radius 1 is 0.640 bits per heavy atom. The first kappa shape index (κ1) is 15.8. The molecular weight excluding hydrogens is 306 g/mol. The average Bonchev–Trinajstić information content (AvgIpc) is 2.96. The molecule has 3 nitrogen and oxygen atoms in total. The number of nitrogens with one attached hydrogen (secondary N) is 1. The minimum Gasteiger partial charge on any atom is -0.355 e. The molecule has 128 valence electrons. The van der Waals surface area contributed by atoms with Crippen molar-refractivity contribution < 1.29 is 0 Å². The van der Waals surface area contributed by atoms with Gasteiger partial charge in [-0.15, -0.1) is 0 Å². The second-order valence-electron chi connectivity index (χ2n) is 7.13. The summed E-state index contributed by atoms with van der Waals surface area (Å²) >= 11 is 0. The third-order valence-electron chi connectivity index (χ3n) is 5.90. The van der Waals surface area contributed by atoms with Crippen LogP contribution in [0.3, 0.4) is 0 Å². The maximum atomic E-state index is 3.58. The summed E-state index contributed by atoms with van der Waals surface area (Å²) in [6.07, 6.45) is 0. The maximum absolute atomic E-state index is 3.58. The van der Waals surface area contributed by atoms with Gasteiger partial charge in [-0.25, -0.2) is 0 Å². The Kier molecular flexibility index (Phi) is 3.43. The number of aromatic nitrogens is 2. The second-order valence-corrected chi connectivity index (χ2v) is 7.13.